The molecule has 0 aromatic heterocycles. The summed E-state index contributed by atoms with van der Waals surface area (Å²) in [5, 5.41) is 0. The third-order valence-electron chi connectivity index (χ3n) is 5.55. The van der Waals surface area contributed by atoms with Crippen molar-refractivity contribution >= 4 is 0 Å². The van der Waals surface area contributed by atoms with Crippen LogP contribution in [0.3, 0.4) is 0 Å². The van der Waals surface area contributed by atoms with Gasteiger partial charge in [-0.25, -0.2) is 0 Å². The van der Waals surface area contributed by atoms with Crippen LogP contribution in [0.25, 0.3) is 0 Å². The van der Waals surface area contributed by atoms with Crippen LogP contribution in [-0.2, 0) is 19.5 Å². The molecular weight excluding hydrogens is 304 g/mol. The smallest absolute Gasteiger partial charge is 0.0236 e. The van der Waals surface area contributed by atoms with E-state index >= 15 is 0 Å². The number of hydrogen-bond donors (Lipinski definition) is 0. The molecule has 1 fully saturated rings. The van der Waals surface area contributed by atoms with Gasteiger partial charge in [-0.15, -0.1) is 0 Å². The molecule has 3 rings (SSSR count). The molecule has 0 saturated carbocycles. The van der Waals surface area contributed by atoms with Gasteiger partial charge >= 0.3 is 0 Å². The maximum Gasteiger partial charge on any atom is 0.0236 e. The molecule has 0 bridgehead atoms. The van der Waals surface area contributed by atoms with E-state index in [0.29, 0.717) is 0 Å². The lowest BCUT2D eigenvalue weighted by Gasteiger charge is -2.38. The van der Waals surface area contributed by atoms with Crippen molar-refractivity contribution in [2.24, 2.45) is 0 Å². The van der Waals surface area contributed by atoms with Gasteiger partial charge in [-0.3, -0.25) is 9.80 Å². The predicted molar refractivity (Wildman–Crippen MR) is 107 cm³/mol. The lowest BCUT2D eigenvalue weighted by Crippen LogP contribution is -2.44. The number of rotatable bonds is 7. The fourth-order valence-corrected chi connectivity index (χ4v) is 3.90. The Bertz CT molecular complexity index is 612. The minimum atomic E-state index is 0.726. The van der Waals surface area contributed by atoms with Crippen molar-refractivity contribution in [1.29, 1.82) is 0 Å². The highest BCUT2D eigenvalue weighted by Crippen LogP contribution is 2.20. The first-order valence-corrected chi connectivity index (χ1v) is 9.86. The van der Waals surface area contributed by atoms with E-state index in [-0.39, 0.29) is 0 Å². The van der Waals surface area contributed by atoms with E-state index in [4.69, 9.17) is 0 Å². The molecule has 0 aliphatic carbocycles. The fourth-order valence-electron chi connectivity index (χ4n) is 3.90. The largest absolute Gasteiger partial charge is 0.299 e. The Morgan fingerprint density at radius 2 is 1.48 bits per heavy atom. The summed E-state index contributed by atoms with van der Waals surface area (Å²) >= 11 is 0. The molecule has 1 aliphatic rings. The SMILES string of the molecule is CCc1ccc(CN2CCC(N(CC)Cc3ccccc3)CC2)cc1. The highest BCUT2D eigenvalue weighted by molar-refractivity contribution is 5.22. The Labute approximate surface area is 153 Å². The molecule has 2 heteroatoms. The van der Waals surface area contributed by atoms with Crippen LogP contribution in [0.5, 0.6) is 0 Å². The Hall–Kier alpha value is -1.64. The van der Waals surface area contributed by atoms with Crippen molar-refractivity contribution in [3.8, 4) is 0 Å². The topological polar surface area (TPSA) is 6.48 Å². The summed E-state index contributed by atoms with van der Waals surface area (Å²) in [5.74, 6) is 0. The molecule has 134 valence electrons. The second-order valence-corrected chi connectivity index (χ2v) is 7.23. The molecule has 25 heavy (non-hydrogen) atoms. The van der Waals surface area contributed by atoms with Crippen LogP contribution in [0, 0.1) is 0 Å². The molecule has 0 amide bonds. The van der Waals surface area contributed by atoms with Crippen molar-refractivity contribution in [3.63, 3.8) is 0 Å². The summed E-state index contributed by atoms with van der Waals surface area (Å²) in [6.07, 6.45) is 3.70. The van der Waals surface area contributed by atoms with Crippen LogP contribution in [0.15, 0.2) is 54.6 Å². The second-order valence-electron chi connectivity index (χ2n) is 7.23. The number of likely N-dealkylation sites (tertiary alicyclic amines) is 1. The summed E-state index contributed by atoms with van der Waals surface area (Å²) in [6, 6.07) is 20.8. The van der Waals surface area contributed by atoms with Crippen LogP contribution in [0.4, 0.5) is 0 Å². The van der Waals surface area contributed by atoms with Gasteiger partial charge in [0, 0.05) is 19.1 Å². The van der Waals surface area contributed by atoms with Gasteiger partial charge in [0.2, 0.25) is 0 Å². The standard InChI is InChI=1S/C23H32N2/c1-3-20-10-12-22(13-11-20)18-24-16-14-23(15-17-24)25(4-2)19-21-8-6-5-7-9-21/h5-13,23H,3-4,14-19H2,1-2H3. The van der Waals surface area contributed by atoms with Gasteiger partial charge in [-0.1, -0.05) is 68.4 Å². The maximum atomic E-state index is 2.66. The highest BCUT2D eigenvalue weighted by Gasteiger charge is 2.23. The van der Waals surface area contributed by atoms with Gasteiger partial charge in [-0.2, -0.15) is 0 Å². The Morgan fingerprint density at radius 1 is 0.840 bits per heavy atom. The Morgan fingerprint density at radius 3 is 2.08 bits per heavy atom. The van der Waals surface area contributed by atoms with E-state index in [1.165, 1.54) is 42.6 Å². The average molecular weight is 337 g/mol. The number of aryl methyl sites for hydroxylation is 1. The molecule has 0 unspecified atom stereocenters. The first kappa shape index (κ1) is 18.2. The van der Waals surface area contributed by atoms with Crippen molar-refractivity contribution in [2.75, 3.05) is 19.6 Å². The maximum absolute atomic E-state index is 2.66. The molecule has 0 radical (unpaired) electrons. The van der Waals surface area contributed by atoms with Crippen LogP contribution >= 0.6 is 0 Å². The van der Waals surface area contributed by atoms with Gasteiger partial charge in [0.25, 0.3) is 0 Å². The summed E-state index contributed by atoms with van der Waals surface area (Å²) < 4.78 is 0. The fraction of sp³-hybridized carbons (Fsp3) is 0.478. The summed E-state index contributed by atoms with van der Waals surface area (Å²) in [5.41, 5.74) is 4.32. The molecular formula is C23H32N2. The molecule has 2 nitrogen and oxygen atoms in total. The zero-order valence-electron chi connectivity index (χ0n) is 15.8. The predicted octanol–water partition coefficient (Wildman–Crippen LogP) is 4.74. The third-order valence-corrected chi connectivity index (χ3v) is 5.55. The molecule has 0 N–H and O–H groups in total. The monoisotopic (exact) mass is 336 g/mol. The Balaban J connectivity index is 1.49. The number of hydrogen-bond acceptors (Lipinski definition) is 2. The van der Waals surface area contributed by atoms with Gasteiger partial charge < -0.3 is 0 Å². The van der Waals surface area contributed by atoms with Crippen LogP contribution < -0.4 is 0 Å². The summed E-state index contributed by atoms with van der Waals surface area (Å²) in [7, 11) is 0. The summed E-state index contributed by atoms with van der Waals surface area (Å²) in [4.78, 5) is 5.27. The highest BCUT2D eigenvalue weighted by atomic mass is 15.2. The molecule has 1 aliphatic heterocycles. The van der Waals surface area contributed by atoms with Crippen molar-refractivity contribution < 1.29 is 0 Å². The van der Waals surface area contributed by atoms with E-state index in [1.807, 2.05) is 0 Å². The first-order chi connectivity index (χ1) is 12.3. The van der Waals surface area contributed by atoms with Crippen molar-refractivity contribution in [3.05, 3.63) is 71.3 Å². The van der Waals surface area contributed by atoms with E-state index in [9.17, 15) is 0 Å². The van der Waals surface area contributed by atoms with Crippen LogP contribution in [-0.4, -0.2) is 35.5 Å². The molecule has 0 spiro atoms. The van der Waals surface area contributed by atoms with E-state index in [2.05, 4.69) is 78.2 Å². The van der Waals surface area contributed by atoms with Gasteiger partial charge in [-0.05, 0) is 55.6 Å². The van der Waals surface area contributed by atoms with Crippen LogP contribution in [0.1, 0.15) is 43.4 Å². The number of nitrogens with zero attached hydrogens (tertiary/aromatic N) is 2. The van der Waals surface area contributed by atoms with Gasteiger partial charge in [0.1, 0.15) is 0 Å². The minimum absolute atomic E-state index is 0.726. The Kier molecular flexibility index (Phi) is 6.66. The zero-order valence-corrected chi connectivity index (χ0v) is 15.8. The number of benzene rings is 2. The first-order valence-electron chi connectivity index (χ1n) is 9.86. The lowest BCUT2D eigenvalue weighted by atomic mass is 10.0. The third kappa shape index (κ3) is 5.17. The molecule has 1 heterocycles. The molecule has 0 atom stereocenters. The van der Waals surface area contributed by atoms with E-state index in [1.54, 1.807) is 0 Å². The van der Waals surface area contributed by atoms with Crippen molar-refractivity contribution in [1.82, 2.24) is 9.80 Å². The lowest BCUT2D eigenvalue weighted by molar-refractivity contribution is 0.103. The molecule has 2 aromatic rings. The zero-order chi connectivity index (χ0) is 17.5. The van der Waals surface area contributed by atoms with Gasteiger partial charge in [0.05, 0.1) is 0 Å². The van der Waals surface area contributed by atoms with Crippen LogP contribution in [0.2, 0.25) is 0 Å². The van der Waals surface area contributed by atoms with E-state index < -0.39 is 0 Å². The molecule has 2 aromatic carbocycles. The summed E-state index contributed by atoms with van der Waals surface area (Å²) in [6.45, 7) is 10.3. The normalized spacial score (nSPS) is 16.4. The number of piperidine rings is 1. The second kappa shape index (κ2) is 9.17. The van der Waals surface area contributed by atoms with Crippen molar-refractivity contribution in [2.45, 2.75) is 52.2 Å². The molecule has 1 saturated heterocycles. The van der Waals surface area contributed by atoms with E-state index in [0.717, 1.165) is 32.1 Å². The average Bonchev–Trinajstić information content (AvgIpc) is 2.68. The quantitative estimate of drug-likeness (QED) is 0.721. The minimum Gasteiger partial charge on any atom is -0.299 e. The van der Waals surface area contributed by atoms with Gasteiger partial charge in [0.15, 0.2) is 0 Å².